The molecule has 0 atom stereocenters. The number of benzene rings is 2. The summed E-state index contributed by atoms with van der Waals surface area (Å²) in [5.74, 6) is -1.33. The number of hydrogen-bond donors (Lipinski definition) is 1. The zero-order valence-electron chi connectivity index (χ0n) is 18.5. The average molecular weight is 427 g/mol. The lowest BCUT2D eigenvalue weighted by atomic mass is 9.76. The van der Waals surface area contributed by atoms with Crippen LogP contribution >= 0.6 is 0 Å². The van der Waals surface area contributed by atoms with Crippen molar-refractivity contribution in [3.63, 3.8) is 0 Å². The highest BCUT2D eigenvalue weighted by atomic mass is 19.2. The highest BCUT2D eigenvalue weighted by molar-refractivity contribution is 5.96. The molecule has 0 unspecified atom stereocenters. The van der Waals surface area contributed by atoms with Gasteiger partial charge in [-0.05, 0) is 66.7 Å². The van der Waals surface area contributed by atoms with Crippen molar-refractivity contribution < 1.29 is 18.7 Å². The molecular formula is C27H32F2O2. The monoisotopic (exact) mass is 426 g/mol. The molecule has 0 spiro atoms. The minimum absolute atomic E-state index is 0.0687. The van der Waals surface area contributed by atoms with Crippen molar-refractivity contribution in [2.45, 2.75) is 71.1 Å². The molecule has 31 heavy (non-hydrogen) atoms. The number of halogens is 2. The van der Waals surface area contributed by atoms with Gasteiger partial charge < -0.3 is 5.11 Å². The quantitative estimate of drug-likeness (QED) is 0.459. The largest absolute Gasteiger partial charge is 0.478 e. The molecule has 0 amide bonds. The van der Waals surface area contributed by atoms with Crippen molar-refractivity contribution in [2.24, 2.45) is 5.92 Å². The van der Waals surface area contributed by atoms with Crippen molar-refractivity contribution in [2.75, 3.05) is 0 Å². The third-order valence-corrected chi connectivity index (χ3v) is 6.45. The molecule has 166 valence electrons. The molecule has 0 aromatic heterocycles. The molecule has 4 heteroatoms. The molecule has 0 bridgehead atoms. The van der Waals surface area contributed by atoms with E-state index in [1.54, 1.807) is 25.1 Å². The Hall–Kier alpha value is -2.49. The van der Waals surface area contributed by atoms with Crippen LogP contribution in [0.25, 0.3) is 17.0 Å². The normalized spacial score (nSPS) is 19.7. The second-order valence-corrected chi connectivity index (χ2v) is 8.66. The maximum absolute atomic E-state index is 14.3. The summed E-state index contributed by atoms with van der Waals surface area (Å²) in [6.45, 7) is 4.03. The maximum Gasteiger partial charge on any atom is 0.336 e. The van der Waals surface area contributed by atoms with Crippen molar-refractivity contribution in [1.29, 1.82) is 0 Å². The summed E-state index contributed by atoms with van der Waals surface area (Å²) in [5.41, 5.74) is 2.90. The van der Waals surface area contributed by atoms with Gasteiger partial charge in [0.1, 0.15) is 5.83 Å². The average Bonchev–Trinajstić information content (AvgIpc) is 2.79. The minimum atomic E-state index is -0.989. The van der Waals surface area contributed by atoms with E-state index in [2.05, 4.69) is 6.92 Å². The predicted molar refractivity (Wildman–Crippen MR) is 122 cm³/mol. The molecule has 1 saturated carbocycles. The van der Waals surface area contributed by atoms with Crippen molar-refractivity contribution in [3.05, 3.63) is 65.0 Å². The maximum atomic E-state index is 14.3. The van der Waals surface area contributed by atoms with Crippen molar-refractivity contribution in [1.82, 2.24) is 0 Å². The molecule has 1 fully saturated rings. The molecular weight excluding hydrogens is 394 g/mol. The van der Waals surface area contributed by atoms with Crippen LogP contribution in [-0.2, 0) is 0 Å². The molecule has 1 aliphatic carbocycles. The van der Waals surface area contributed by atoms with E-state index in [9.17, 15) is 18.7 Å². The second kappa shape index (κ2) is 10.7. The third kappa shape index (κ3) is 5.61. The van der Waals surface area contributed by atoms with Crippen LogP contribution in [0.1, 0.15) is 92.6 Å². The van der Waals surface area contributed by atoms with Gasteiger partial charge in [0.05, 0.1) is 5.56 Å². The van der Waals surface area contributed by atoms with Crippen LogP contribution < -0.4 is 0 Å². The van der Waals surface area contributed by atoms with Gasteiger partial charge in [0, 0.05) is 12.0 Å². The Balaban J connectivity index is 1.88. The molecule has 0 radical (unpaired) electrons. The Morgan fingerprint density at radius 2 is 1.65 bits per heavy atom. The second-order valence-electron chi connectivity index (χ2n) is 8.66. The third-order valence-electron chi connectivity index (χ3n) is 6.45. The first-order chi connectivity index (χ1) is 14.9. The van der Waals surface area contributed by atoms with Gasteiger partial charge in [-0.3, -0.25) is 0 Å². The summed E-state index contributed by atoms with van der Waals surface area (Å²) in [7, 11) is 0. The van der Waals surface area contributed by atoms with Gasteiger partial charge >= 0.3 is 5.97 Å². The number of hydrogen-bond acceptors (Lipinski definition) is 1. The Morgan fingerprint density at radius 1 is 0.968 bits per heavy atom. The van der Waals surface area contributed by atoms with Gasteiger partial charge in [0.25, 0.3) is 0 Å². The lowest BCUT2D eigenvalue weighted by molar-refractivity contribution is 0.0697. The van der Waals surface area contributed by atoms with E-state index in [-0.39, 0.29) is 17.5 Å². The molecule has 0 saturated heterocycles. The van der Waals surface area contributed by atoms with Crippen LogP contribution in [-0.4, -0.2) is 11.1 Å². The number of rotatable bonds is 8. The Kier molecular flexibility index (Phi) is 8.00. The molecule has 2 aromatic rings. The SMILES string of the molecule is CCCC(F)=C(F)c1ccc(-c2cc(C3CCC(CCC)CC3)ccc2C(=O)O)cc1. The smallest absolute Gasteiger partial charge is 0.336 e. The molecule has 1 N–H and O–H groups in total. The zero-order chi connectivity index (χ0) is 22.4. The highest BCUT2D eigenvalue weighted by Gasteiger charge is 2.23. The van der Waals surface area contributed by atoms with Crippen LogP contribution in [0.2, 0.25) is 0 Å². The van der Waals surface area contributed by atoms with Crippen molar-refractivity contribution in [3.8, 4) is 11.1 Å². The van der Waals surface area contributed by atoms with Gasteiger partial charge in [-0.2, -0.15) is 0 Å². The number of carboxylic acids is 1. The van der Waals surface area contributed by atoms with E-state index in [0.29, 0.717) is 23.5 Å². The lowest BCUT2D eigenvalue weighted by Crippen LogP contribution is -2.13. The fourth-order valence-electron chi connectivity index (χ4n) is 4.72. The molecule has 3 rings (SSSR count). The van der Waals surface area contributed by atoms with E-state index in [4.69, 9.17) is 0 Å². The number of aromatic carboxylic acids is 1. The molecule has 2 aromatic carbocycles. The summed E-state index contributed by atoms with van der Waals surface area (Å²) in [6.07, 6.45) is 7.81. The van der Waals surface area contributed by atoms with Crippen LogP contribution in [0.5, 0.6) is 0 Å². The van der Waals surface area contributed by atoms with Gasteiger partial charge in [-0.15, -0.1) is 0 Å². The fraction of sp³-hybridized carbons (Fsp3) is 0.444. The number of carbonyl (C=O) groups is 1. The Morgan fingerprint density at radius 3 is 2.23 bits per heavy atom. The van der Waals surface area contributed by atoms with Crippen LogP contribution in [0.4, 0.5) is 8.78 Å². The van der Waals surface area contributed by atoms with E-state index < -0.39 is 17.6 Å². The number of allylic oxidation sites excluding steroid dienone is 1. The van der Waals surface area contributed by atoms with E-state index in [1.807, 2.05) is 12.1 Å². The Labute approximate surface area is 184 Å². The molecule has 2 nitrogen and oxygen atoms in total. The standard InChI is InChI=1S/C27H32F2O2/c1-3-5-18-7-9-19(10-8-18)22-15-16-23(27(30)31)24(17-22)20-11-13-21(14-12-20)26(29)25(28)6-4-2/h11-19H,3-10H2,1-2H3,(H,30,31). The number of carboxylic acid groups (broad SMARTS) is 1. The molecule has 0 heterocycles. The van der Waals surface area contributed by atoms with Gasteiger partial charge in [-0.25, -0.2) is 13.6 Å². The molecule has 1 aliphatic rings. The van der Waals surface area contributed by atoms with E-state index in [1.165, 1.54) is 43.4 Å². The van der Waals surface area contributed by atoms with Gasteiger partial charge in [0.2, 0.25) is 0 Å². The first-order valence-electron chi connectivity index (χ1n) is 11.5. The minimum Gasteiger partial charge on any atom is -0.478 e. The van der Waals surface area contributed by atoms with Crippen LogP contribution in [0.15, 0.2) is 48.3 Å². The van der Waals surface area contributed by atoms with E-state index in [0.717, 1.165) is 18.8 Å². The summed E-state index contributed by atoms with van der Waals surface area (Å²) in [5, 5.41) is 9.68. The highest BCUT2D eigenvalue weighted by Crippen LogP contribution is 2.39. The Bertz CT molecular complexity index is 923. The summed E-state index contributed by atoms with van der Waals surface area (Å²) in [4.78, 5) is 11.8. The summed E-state index contributed by atoms with van der Waals surface area (Å²) in [6, 6.07) is 12.0. The predicted octanol–water partition coefficient (Wildman–Crippen LogP) is 8.53. The summed E-state index contributed by atoms with van der Waals surface area (Å²) >= 11 is 0. The first kappa shape index (κ1) is 23.2. The van der Waals surface area contributed by atoms with Crippen molar-refractivity contribution >= 4 is 11.8 Å². The van der Waals surface area contributed by atoms with Gasteiger partial charge in [-0.1, -0.05) is 63.1 Å². The topological polar surface area (TPSA) is 37.3 Å². The summed E-state index contributed by atoms with van der Waals surface area (Å²) < 4.78 is 28.1. The van der Waals surface area contributed by atoms with E-state index >= 15 is 0 Å². The fourth-order valence-corrected chi connectivity index (χ4v) is 4.72. The molecule has 0 aliphatic heterocycles. The van der Waals surface area contributed by atoms with Crippen LogP contribution in [0, 0.1) is 5.92 Å². The van der Waals surface area contributed by atoms with Gasteiger partial charge in [0.15, 0.2) is 5.83 Å². The van der Waals surface area contributed by atoms with Crippen LogP contribution in [0.3, 0.4) is 0 Å². The first-order valence-corrected chi connectivity index (χ1v) is 11.5. The zero-order valence-corrected chi connectivity index (χ0v) is 18.5. The lowest BCUT2D eigenvalue weighted by Gasteiger charge is -2.29.